The number of rotatable bonds is 4. The van der Waals surface area contributed by atoms with Gasteiger partial charge in [-0.3, -0.25) is 4.79 Å². The van der Waals surface area contributed by atoms with Crippen molar-refractivity contribution < 1.29 is 4.79 Å². The highest BCUT2D eigenvalue weighted by Gasteiger charge is 2.02. The zero-order valence-corrected chi connectivity index (χ0v) is 8.26. The van der Waals surface area contributed by atoms with Crippen LogP contribution < -0.4 is 0 Å². The summed E-state index contributed by atoms with van der Waals surface area (Å²) in [5.74, 6) is 0. The van der Waals surface area contributed by atoms with Crippen molar-refractivity contribution in [3.8, 4) is 0 Å². The Kier molecular flexibility index (Phi) is 3.69. The van der Waals surface area contributed by atoms with Crippen LogP contribution in [0.2, 0.25) is 0 Å². The van der Waals surface area contributed by atoms with Gasteiger partial charge in [0.15, 0.2) is 0 Å². The van der Waals surface area contributed by atoms with E-state index in [2.05, 4.69) is 13.0 Å². The molecule has 1 heteroatoms. The molecule has 1 radical (unpaired) electrons. The van der Waals surface area contributed by atoms with E-state index < -0.39 is 0 Å². The summed E-state index contributed by atoms with van der Waals surface area (Å²) in [5, 5.41) is 0. The highest BCUT2D eigenvalue weighted by Crippen LogP contribution is 2.14. The van der Waals surface area contributed by atoms with Gasteiger partial charge in [-0.2, -0.15) is 0 Å². The average Bonchev–Trinajstić information content (AvgIpc) is 2.16. The van der Waals surface area contributed by atoms with Gasteiger partial charge >= 0.3 is 0 Å². The van der Waals surface area contributed by atoms with Crippen molar-refractivity contribution in [2.45, 2.75) is 33.1 Å². The molecule has 1 aromatic rings. The highest BCUT2D eigenvalue weighted by molar-refractivity contribution is 5.78. The maximum atomic E-state index is 10.5. The van der Waals surface area contributed by atoms with Gasteiger partial charge in [-0.15, -0.1) is 0 Å². The molecule has 1 rings (SSSR count). The van der Waals surface area contributed by atoms with Crippen molar-refractivity contribution in [1.29, 1.82) is 0 Å². The number of benzene rings is 1. The van der Waals surface area contributed by atoms with Crippen molar-refractivity contribution in [1.82, 2.24) is 0 Å². The summed E-state index contributed by atoms with van der Waals surface area (Å²) in [6.45, 7) is 4.16. The number of hydrogen-bond donors (Lipinski definition) is 0. The molecule has 13 heavy (non-hydrogen) atoms. The minimum Gasteiger partial charge on any atom is -0.285 e. The zero-order chi connectivity index (χ0) is 9.68. The van der Waals surface area contributed by atoms with Crippen LogP contribution in [0.3, 0.4) is 0 Å². The maximum absolute atomic E-state index is 10.5. The molecular formula is C12H15O. The van der Waals surface area contributed by atoms with Crippen molar-refractivity contribution in [3.05, 3.63) is 34.9 Å². The van der Waals surface area contributed by atoms with E-state index in [1.54, 1.807) is 0 Å². The van der Waals surface area contributed by atoms with Gasteiger partial charge in [0, 0.05) is 5.56 Å². The molecule has 0 aliphatic heterocycles. The van der Waals surface area contributed by atoms with Crippen LogP contribution in [0, 0.1) is 6.92 Å². The SMILES string of the molecule is CCCCc1cccc([C]=O)c1C. The second-order valence-electron chi connectivity index (χ2n) is 3.30. The van der Waals surface area contributed by atoms with Gasteiger partial charge in [-0.25, -0.2) is 0 Å². The number of aryl methyl sites for hydroxylation is 1. The largest absolute Gasteiger partial charge is 0.285 e. The lowest BCUT2D eigenvalue weighted by Crippen LogP contribution is -1.94. The van der Waals surface area contributed by atoms with Gasteiger partial charge in [0.2, 0.25) is 6.29 Å². The van der Waals surface area contributed by atoms with Crippen LogP contribution in [0.25, 0.3) is 0 Å². The second-order valence-corrected chi connectivity index (χ2v) is 3.30. The van der Waals surface area contributed by atoms with Gasteiger partial charge < -0.3 is 0 Å². The Morgan fingerprint density at radius 3 is 2.77 bits per heavy atom. The quantitative estimate of drug-likeness (QED) is 0.687. The van der Waals surface area contributed by atoms with E-state index in [9.17, 15) is 4.79 Å². The lowest BCUT2D eigenvalue weighted by atomic mass is 9.99. The first-order valence-corrected chi connectivity index (χ1v) is 4.76. The molecule has 0 N–H and O–H groups in total. The standard InChI is InChI=1S/C12H15O/c1-3-4-6-11-7-5-8-12(9-13)10(11)2/h5,7-8H,3-4,6H2,1-2H3. The Balaban J connectivity index is 2.87. The fourth-order valence-electron chi connectivity index (χ4n) is 1.43. The van der Waals surface area contributed by atoms with E-state index in [-0.39, 0.29) is 0 Å². The van der Waals surface area contributed by atoms with Crippen LogP contribution in [0.15, 0.2) is 18.2 Å². The number of carbonyl (C=O) groups excluding carboxylic acids is 1. The zero-order valence-electron chi connectivity index (χ0n) is 8.26. The minimum absolute atomic E-state index is 0.702. The predicted molar refractivity (Wildman–Crippen MR) is 54.6 cm³/mol. The van der Waals surface area contributed by atoms with E-state index in [0.29, 0.717) is 5.56 Å². The van der Waals surface area contributed by atoms with Gasteiger partial charge in [-0.1, -0.05) is 31.5 Å². The molecule has 0 aromatic heterocycles. The van der Waals surface area contributed by atoms with Gasteiger partial charge in [0.25, 0.3) is 0 Å². The van der Waals surface area contributed by atoms with Crippen LogP contribution >= 0.6 is 0 Å². The van der Waals surface area contributed by atoms with Gasteiger partial charge in [0.1, 0.15) is 0 Å². The Bertz CT molecular complexity index is 289. The molecule has 0 aliphatic rings. The number of hydrogen-bond acceptors (Lipinski definition) is 1. The third-order valence-electron chi connectivity index (χ3n) is 2.36. The Morgan fingerprint density at radius 2 is 2.15 bits per heavy atom. The molecule has 69 valence electrons. The van der Waals surface area contributed by atoms with E-state index in [1.165, 1.54) is 18.4 Å². The summed E-state index contributed by atoms with van der Waals surface area (Å²) in [6.07, 6.45) is 5.40. The van der Waals surface area contributed by atoms with Crippen molar-refractivity contribution in [2.75, 3.05) is 0 Å². The molecular weight excluding hydrogens is 160 g/mol. The summed E-state index contributed by atoms with van der Waals surface area (Å²) in [5.41, 5.74) is 3.07. The monoisotopic (exact) mass is 175 g/mol. The molecule has 0 fully saturated rings. The molecule has 1 nitrogen and oxygen atoms in total. The molecule has 0 heterocycles. The van der Waals surface area contributed by atoms with Gasteiger partial charge in [0.05, 0.1) is 0 Å². The third-order valence-corrected chi connectivity index (χ3v) is 2.36. The summed E-state index contributed by atoms with van der Waals surface area (Å²) < 4.78 is 0. The lowest BCUT2D eigenvalue weighted by molar-refractivity contribution is 0.562. The van der Waals surface area contributed by atoms with Crippen molar-refractivity contribution in [2.24, 2.45) is 0 Å². The number of unbranched alkanes of at least 4 members (excludes halogenated alkanes) is 1. The molecule has 0 aliphatic carbocycles. The normalized spacial score (nSPS) is 10.0. The molecule has 0 saturated heterocycles. The topological polar surface area (TPSA) is 17.1 Å². The molecule has 0 atom stereocenters. The van der Waals surface area contributed by atoms with Crippen molar-refractivity contribution in [3.63, 3.8) is 0 Å². The van der Waals surface area contributed by atoms with Crippen molar-refractivity contribution >= 4 is 6.29 Å². The van der Waals surface area contributed by atoms with Crippen LogP contribution in [-0.4, -0.2) is 6.29 Å². The smallest absolute Gasteiger partial charge is 0.233 e. The van der Waals surface area contributed by atoms with E-state index in [4.69, 9.17) is 0 Å². The Labute approximate surface area is 79.8 Å². The molecule has 0 spiro atoms. The van der Waals surface area contributed by atoms with E-state index in [1.807, 2.05) is 25.3 Å². The first kappa shape index (κ1) is 9.97. The minimum atomic E-state index is 0.702. The third kappa shape index (κ3) is 2.41. The first-order valence-electron chi connectivity index (χ1n) is 4.76. The summed E-state index contributed by atoms with van der Waals surface area (Å²) in [7, 11) is 0. The molecule has 0 bridgehead atoms. The summed E-state index contributed by atoms with van der Waals surface area (Å²) in [6, 6.07) is 5.84. The molecule has 0 saturated carbocycles. The molecule has 1 aromatic carbocycles. The van der Waals surface area contributed by atoms with Crippen LogP contribution in [0.5, 0.6) is 0 Å². The van der Waals surface area contributed by atoms with Crippen LogP contribution in [-0.2, 0) is 11.2 Å². The molecule has 0 unspecified atom stereocenters. The molecule has 0 amide bonds. The summed E-state index contributed by atoms with van der Waals surface area (Å²) >= 11 is 0. The Hall–Kier alpha value is -1.11. The first-order chi connectivity index (χ1) is 6.29. The fourth-order valence-corrected chi connectivity index (χ4v) is 1.43. The fraction of sp³-hybridized carbons (Fsp3) is 0.417. The lowest BCUT2D eigenvalue weighted by Gasteiger charge is -2.05. The van der Waals surface area contributed by atoms with Crippen LogP contribution in [0.4, 0.5) is 0 Å². The van der Waals surface area contributed by atoms with Crippen LogP contribution in [0.1, 0.15) is 36.5 Å². The predicted octanol–water partition coefficient (Wildman–Crippen LogP) is 2.80. The van der Waals surface area contributed by atoms with Gasteiger partial charge in [-0.05, 0) is 30.9 Å². The average molecular weight is 175 g/mol. The highest BCUT2D eigenvalue weighted by atomic mass is 16.1. The Morgan fingerprint density at radius 1 is 1.38 bits per heavy atom. The summed E-state index contributed by atoms with van der Waals surface area (Å²) in [4.78, 5) is 10.5. The second kappa shape index (κ2) is 4.80. The maximum Gasteiger partial charge on any atom is 0.233 e. The van der Waals surface area contributed by atoms with E-state index >= 15 is 0 Å². The van der Waals surface area contributed by atoms with E-state index in [0.717, 1.165) is 12.0 Å².